The highest BCUT2D eigenvalue weighted by Gasteiger charge is 2.29. The fraction of sp³-hybridized carbons (Fsp3) is 0.259. The molecule has 0 bridgehead atoms. The monoisotopic (exact) mass is 499 g/mol. The minimum Gasteiger partial charge on any atom is -0.494 e. The minimum absolute atomic E-state index is 0.116. The lowest BCUT2D eigenvalue weighted by atomic mass is 9.88. The Morgan fingerprint density at radius 2 is 1.97 bits per heavy atom. The molecule has 1 aliphatic heterocycles. The van der Waals surface area contributed by atoms with Crippen LogP contribution < -0.4 is 10.1 Å². The lowest BCUT2D eigenvalue weighted by Gasteiger charge is -2.30. The first-order valence-corrected chi connectivity index (χ1v) is 11.8. The number of halogens is 1. The number of hydrogen-bond acceptors (Lipinski definition) is 6. The molecule has 188 valence electrons. The van der Waals surface area contributed by atoms with Gasteiger partial charge in [0, 0.05) is 56.9 Å². The number of methoxy groups -OCH3 is 1. The average Bonchev–Trinajstić information content (AvgIpc) is 3.51. The van der Waals surface area contributed by atoms with E-state index >= 15 is 0 Å². The molecule has 0 radical (unpaired) electrons. The van der Waals surface area contributed by atoms with Gasteiger partial charge in [-0.25, -0.2) is 9.37 Å². The normalized spacial score (nSPS) is 12.8. The zero-order valence-corrected chi connectivity index (χ0v) is 20.8. The summed E-state index contributed by atoms with van der Waals surface area (Å²) in [6.45, 7) is 1.31. The molecule has 10 heteroatoms. The van der Waals surface area contributed by atoms with Crippen LogP contribution in [0.25, 0.3) is 11.1 Å². The average molecular weight is 500 g/mol. The van der Waals surface area contributed by atoms with Gasteiger partial charge >= 0.3 is 0 Å². The van der Waals surface area contributed by atoms with Crippen LogP contribution >= 0.6 is 0 Å². The maximum absolute atomic E-state index is 13.9. The predicted molar refractivity (Wildman–Crippen MR) is 136 cm³/mol. The number of fused-ring (bicyclic) bond motifs is 1. The van der Waals surface area contributed by atoms with Crippen LogP contribution in [0.3, 0.4) is 0 Å². The van der Waals surface area contributed by atoms with Crippen molar-refractivity contribution in [1.82, 2.24) is 24.2 Å². The third-order valence-corrected chi connectivity index (χ3v) is 6.56. The number of aryl methyl sites for hydroxylation is 1. The van der Waals surface area contributed by atoms with Crippen LogP contribution in [0.1, 0.15) is 32.7 Å². The second-order valence-corrected chi connectivity index (χ2v) is 8.92. The van der Waals surface area contributed by atoms with E-state index in [1.54, 1.807) is 42.0 Å². The molecule has 2 aromatic heterocycles. The Balaban J connectivity index is 1.57. The molecule has 0 aliphatic carbocycles. The van der Waals surface area contributed by atoms with Crippen LogP contribution in [0.15, 0.2) is 48.9 Å². The summed E-state index contributed by atoms with van der Waals surface area (Å²) in [6, 6.07) is 10.8. The number of amides is 1. The summed E-state index contributed by atoms with van der Waals surface area (Å²) in [5, 5.41) is 17.1. The van der Waals surface area contributed by atoms with Gasteiger partial charge in [0.25, 0.3) is 5.91 Å². The zero-order valence-electron chi connectivity index (χ0n) is 20.8. The number of rotatable bonds is 7. The SMILES string of the molecule is CNc1nccn1Cc1cc2c(c(-c3cn(C)nc3C#N)c1)CCN(Cc1ccc(F)c(OC)c1)C2=O. The smallest absolute Gasteiger partial charge is 0.254 e. The number of aromatic nitrogens is 4. The maximum Gasteiger partial charge on any atom is 0.254 e. The van der Waals surface area contributed by atoms with Gasteiger partial charge in [-0.05, 0) is 52.9 Å². The first kappa shape index (κ1) is 24.1. The highest BCUT2D eigenvalue weighted by molar-refractivity contribution is 5.99. The van der Waals surface area contributed by atoms with Crippen molar-refractivity contribution < 1.29 is 13.9 Å². The van der Waals surface area contributed by atoms with Crippen molar-refractivity contribution >= 4 is 11.9 Å². The van der Waals surface area contributed by atoms with Gasteiger partial charge in [-0.3, -0.25) is 9.48 Å². The molecule has 5 rings (SSSR count). The van der Waals surface area contributed by atoms with Gasteiger partial charge in [-0.1, -0.05) is 6.07 Å². The van der Waals surface area contributed by atoms with Gasteiger partial charge in [-0.15, -0.1) is 0 Å². The zero-order chi connectivity index (χ0) is 26.1. The van der Waals surface area contributed by atoms with Crippen molar-refractivity contribution in [2.75, 3.05) is 26.0 Å². The van der Waals surface area contributed by atoms with E-state index in [-0.39, 0.29) is 11.7 Å². The van der Waals surface area contributed by atoms with Crippen LogP contribution in [-0.2, 0) is 26.6 Å². The second-order valence-electron chi connectivity index (χ2n) is 8.92. The predicted octanol–water partition coefficient (Wildman–Crippen LogP) is 3.59. The Hall–Kier alpha value is -4.65. The Labute approximate surface area is 213 Å². The van der Waals surface area contributed by atoms with Crippen LogP contribution in [0, 0.1) is 17.1 Å². The molecule has 4 aromatic rings. The number of carbonyl (C=O) groups excluding carboxylic acids is 1. The number of nitrogens with zero attached hydrogens (tertiary/aromatic N) is 6. The van der Waals surface area contributed by atoms with E-state index in [0.29, 0.717) is 48.8 Å². The van der Waals surface area contributed by atoms with Crippen molar-refractivity contribution in [1.29, 1.82) is 5.26 Å². The standard InChI is InChI=1S/C27H26FN7O2/c1-30-27-31-7-9-35(27)15-18-10-20(22-16-33(2)32-24(22)13-29)19-6-8-34(26(36)21(19)11-18)14-17-4-5-23(28)25(12-17)37-3/h4-5,7,9-12,16H,6,8,14-15H2,1-3H3,(H,30,31). The van der Waals surface area contributed by atoms with Crippen LogP contribution in [0.4, 0.5) is 10.3 Å². The van der Waals surface area contributed by atoms with Crippen molar-refractivity contribution in [2.45, 2.75) is 19.5 Å². The molecule has 1 amide bonds. The second kappa shape index (κ2) is 9.78. The number of benzene rings is 2. The van der Waals surface area contributed by atoms with Gasteiger partial charge in [0.15, 0.2) is 17.3 Å². The van der Waals surface area contributed by atoms with Crippen LogP contribution in [0.5, 0.6) is 5.75 Å². The summed E-state index contributed by atoms with van der Waals surface area (Å²) in [5.41, 5.74) is 5.01. The lowest BCUT2D eigenvalue weighted by Crippen LogP contribution is -2.37. The maximum atomic E-state index is 13.9. The molecule has 0 saturated carbocycles. The quantitative estimate of drug-likeness (QED) is 0.417. The topological polar surface area (TPSA) is 101 Å². The molecular weight excluding hydrogens is 473 g/mol. The fourth-order valence-corrected chi connectivity index (χ4v) is 4.85. The molecular formula is C27H26FN7O2. The Bertz CT molecular complexity index is 1530. The first-order valence-electron chi connectivity index (χ1n) is 11.8. The first-order chi connectivity index (χ1) is 17.9. The van der Waals surface area contributed by atoms with E-state index in [4.69, 9.17) is 4.74 Å². The van der Waals surface area contributed by atoms with Crippen LogP contribution in [0.2, 0.25) is 0 Å². The van der Waals surface area contributed by atoms with E-state index in [9.17, 15) is 14.4 Å². The number of anilines is 1. The third-order valence-electron chi connectivity index (χ3n) is 6.56. The summed E-state index contributed by atoms with van der Waals surface area (Å²) >= 11 is 0. The molecule has 0 unspecified atom stereocenters. The number of carbonyl (C=O) groups is 1. The summed E-state index contributed by atoms with van der Waals surface area (Å²) in [7, 11) is 4.99. The minimum atomic E-state index is -0.443. The van der Waals surface area contributed by atoms with E-state index in [2.05, 4.69) is 21.5 Å². The Morgan fingerprint density at radius 1 is 1.16 bits per heavy atom. The molecule has 1 aliphatic rings. The molecule has 37 heavy (non-hydrogen) atoms. The molecule has 1 N–H and O–H groups in total. The van der Waals surface area contributed by atoms with Crippen molar-refractivity contribution in [2.24, 2.45) is 7.05 Å². The third kappa shape index (κ3) is 4.51. The molecule has 3 heterocycles. The number of nitriles is 1. The van der Waals surface area contributed by atoms with E-state index in [1.165, 1.54) is 13.2 Å². The van der Waals surface area contributed by atoms with E-state index < -0.39 is 5.82 Å². The van der Waals surface area contributed by atoms with Crippen LogP contribution in [-0.4, -0.2) is 50.8 Å². The molecule has 9 nitrogen and oxygen atoms in total. The highest BCUT2D eigenvalue weighted by Crippen LogP contribution is 2.34. The van der Waals surface area contributed by atoms with Gasteiger partial charge in [0.1, 0.15) is 6.07 Å². The van der Waals surface area contributed by atoms with Crippen molar-refractivity contribution in [3.63, 3.8) is 0 Å². The summed E-state index contributed by atoms with van der Waals surface area (Å²) in [4.78, 5) is 19.8. The summed E-state index contributed by atoms with van der Waals surface area (Å²) < 4.78 is 22.6. The van der Waals surface area contributed by atoms with Gasteiger partial charge < -0.3 is 19.5 Å². The lowest BCUT2D eigenvalue weighted by molar-refractivity contribution is 0.0727. The molecule has 0 fully saturated rings. The van der Waals surface area contributed by atoms with Gasteiger partial charge in [-0.2, -0.15) is 10.4 Å². The number of nitrogens with one attached hydrogen (secondary N) is 1. The van der Waals surface area contributed by atoms with Gasteiger partial charge in [0.05, 0.1) is 13.7 Å². The van der Waals surface area contributed by atoms with E-state index in [1.807, 2.05) is 29.1 Å². The molecule has 2 aromatic carbocycles. The van der Waals surface area contributed by atoms with Crippen molar-refractivity contribution in [3.8, 4) is 22.9 Å². The summed E-state index contributed by atoms with van der Waals surface area (Å²) in [5.74, 6) is 0.292. The number of ether oxygens (including phenoxy) is 1. The Morgan fingerprint density at radius 3 is 2.73 bits per heavy atom. The summed E-state index contributed by atoms with van der Waals surface area (Å²) in [6.07, 6.45) is 6.01. The highest BCUT2D eigenvalue weighted by atomic mass is 19.1. The number of imidazole rings is 1. The molecule has 0 saturated heterocycles. The van der Waals surface area contributed by atoms with Gasteiger partial charge in [0.2, 0.25) is 5.95 Å². The Kier molecular flexibility index (Phi) is 6.36. The fourth-order valence-electron chi connectivity index (χ4n) is 4.85. The van der Waals surface area contributed by atoms with Crippen molar-refractivity contribution in [3.05, 3.63) is 82.7 Å². The largest absolute Gasteiger partial charge is 0.494 e. The van der Waals surface area contributed by atoms with E-state index in [0.717, 1.165) is 22.3 Å². The molecule has 0 atom stereocenters. The number of hydrogen-bond donors (Lipinski definition) is 1. The molecule has 0 spiro atoms.